The van der Waals surface area contributed by atoms with E-state index in [9.17, 15) is 4.79 Å². The maximum Gasteiger partial charge on any atom is 0.338 e. The van der Waals surface area contributed by atoms with Gasteiger partial charge in [0.15, 0.2) is 6.10 Å². The molecule has 4 aromatic rings. The molecule has 1 unspecified atom stereocenters. The van der Waals surface area contributed by atoms with Crippen molar-refractivity contribution in [3.8, 4) is 0 Å². The normalized spacial score (nSPS) is 20.7. The van der Waals surface area contributed by atoms with Crippen LogP contribution in [0.25, 0.3) is 0 Å². The third kappa shape index (κ3) is 4.85. The highest BCUT2D eigenvalue weighted by atomic mass is 19.3. The van der Waals surface area contributed by atoms with Crippen molar-refractivity contribution in [1.29, 1.82) is 0 Å². The summed E-state index contributed by atoms with van der Waals surface area (Å²) < 4.78 is 48.3. The summed E-state index contributed by atoms with van der Waals surface area (Å²) in [5, 5.41) is 0. The van der Waals surface area contributed by atoms with Crippen LogP contribution in [0.5, 0.6) is 0 Å². The summed E-state index contributed by atoms with van der Waals surface area (Å²) in [5.41, 5.74) is 1.55. The predicted octanol–water partition coefficient (Wildman–Crippen LogP) is 6.64. The zero-order valence-corrected chi connectivity index (χ0v) is 20.9. The molecule has 0 radical (unpaired) electrons. The van der Waals surface area contributed by atoms with Crippen LogP contribution in [0.2, 0.25) is 0 Å². The van der Waals surface area contributed by atoms with E-state index in [4.69, 9.17) is 14.2 Å². The van der Waals surface area contributed by atoms with Gasteiger partial charge in [-0.05, 0) is 35.7 Å². The van der Waals surface area contributed by atoms with Gasteiger partial charge in [0.2, 0.25) is 0 Å². The van der Waals surface area contributed by atoms with Crippen molar-refractivity contribution in [2.45, 2.75) is 36.8 Å². The van der Waals surface area contributed by atoms with Gasteiger partial charge in [-0.15, -0.1) is 0 Å². The number of esters is 1. The first-order chi connectivity index (χ1) is 18.4. The van der Waals surface area contributed by atoms with Crippen LogP contribution in [0.15, 0.2) is 121 Å². The molecule has 0 amide bonds. The van der Waals surface area contributed by atoms with Crippen LogP contribution in [0.4, 0.5) is 8.78 Å². The van der Waals surface area contributed by atoms with Gasteiger partial charge < -0.3 is 14.2 Å². The topological polar surface area (TPSA) is 44.8 Å². The Morgan fingerprint density at radius 1 is 0.763 bits per heavy atom. The van der Waals surface area contributed by atoms with Crippen molar-refractivity contribution >= 4 is 5.97 Å². The third-order valence-electron chi connectivity index (χ3n) is 6.89. The lowest BCUT2D eigenvalue weighted by Crippen LogP contribution is -2.45. The fraction of sp³-hybridized carbons (Fsp3) is 0.219. The van der Waals surface area contributed by atoms with Crippen LogP contribution >= 0.6 is 0 Å². The summed E-state index contributed by atoms with van der Waals surface area (Å²) in [7, 11) is 0. The fourth-order valence-corrected chi connectivity index (χ4v) is 4.92. The van der Waals surface area contributed by atoms with E-state index in [0.29, 0.717) is 0 Å². The second kappa shape index (κ2) is 10.9. The molecule has 1 fully saturated rings. The van der Waals surface area contributed by atoms with Crippen LogP contribution in [0.1, 0.15) is 34.0 Å². The SMILES string of the molecule is C[C@@H]1O[C@H](COC(c2ccccc2)(c2ccccc2)c2ccccc2)C(OC(=O)c2ccccc2)C1(F)F. The Labute approximate surface area is 220 Å². The number of hydrogen-bond donors (Lipinski definition) is 0. The van der Waals surface area contributed by atoms with E-state index >= 15 is 8.78 Å². The van der Waals surface area contributed by atoms with Crippen LogP contribution < -0.4 is 0 Å². The minimum Gasteiger partial charge on any atom is -0.449 e. The molecule has 1 saturated heterocycles. The van der Waals surface area contributed by atoms with E-state index in [2.05, 4.69) is 0 Å². The zero-order valence-electron chi connectivity index (χ0n) is 20.9. The highest BCUT2D eigenvalue weighted by Gasteiger charge is 2.60. The first-order valence-electron chi connectivity index (χ1n) is 12.5. The maximum absolute atomic E-state index is 15.3. The lowest BCUT2D eigenvalue weighted by molar-refractivity contribution is -0.114. The molecule has 0 N–H and O–H groups in total. The summed E-state index contributed by atoms with van der Waals surface area (Å²) in [4.78, 5) is 12.8. The van der Waals surface area contributed by atoms with E-state index in [-0.39, 0.29) is 12.2 Å². The molecule has 0 saturated carbocycles. The fourth-order valence-electron chi connectivity index (χ4n) is 4.92. The molecule has 5 rings (SSSR count). The number of hydrogen-bond acceptors (Lipinski definition) is 4. The summed E-state index contributed by atoms with van der Waals surface area (Å²) in [6.07, 6.45) is -4.46. The number of halogens is 2. The molecule has 38 heavy (non-hydrogen) atoms. The number of rotatable bonds is 8. The molecule has 0 bridgehead atoms. The maximum atomic E-state index is 15.3. The van der Waals surface area contributed by atoms with E-state index in [1.54, 1.807) is 18.2 Å². The molecule has 4 nitrogen and oxygen atoms in total. The molecule has 194 valence electrons. The summed E-state index contributed by atoms with van der Waals surface area (Å²) >= 11 is 0. The van der Waals surface area contributed by atoms with E-state index < -0.39 is 35.8 Å². The second-order valence-electron chi connectivity index (χ2n) is 9.27. The molecule has 0 aromatic heterocycles. The van der Waals surface area contributed by atoms with Crippen LogP contribution in [-0.4, -0.2) is 36.8 Å². The molecule has 0 spiro atoms. The average Bonchev–Trinajstić information content (AvgIpc) is 3.18. The summed E-state index contributed by atoms with van der Waals surface area (Å²) in [6.45, 7) is 1.04. The third-order valence-corrected chi connectivity index (χ3v) is 6.89. The molecule has 3 atom stereocenters. The van der Waals surface area contributed by atoms with Gasteiger partial charge in [-0.3, -0.25) is 0 Å². The molecule has 1 aliphatic heterocycles. The van der Waals surface area contributed by atoms with Crippen LogP contribution in [0, 0.1) is 0 Å². The van der Waals surface area contributed by atoms with Crippen LogP contribution in [0.3, 0.4) is 0 Å². The molecule has 1 aliphatic rings. The second-order valence-corrected chi connectivity index (χ2v) is 9.27. The van der Waals surface area contributed by atoms with Gasteiger partial charge >= 0.3 is 11.9 Å². The van der Waals surface area contributed by atoms with Gasteiger partial charge in [-0.1, -0.05) is 109 Å². The number of carbonyl (C=O) groups excluding carboxylic acids is 1. The first-order valence-corrected chi connectivity index (χ1v) is 12.5. The summed E-state index contributed by atoms with van der Waals surface area (Å²) in [5.74, 6) is -4.23. The van der Waals surface area contributed by atoms with E-state index in [1.807, 2.05) is 91.0 Å². The molecule has 0 aliphatic carbocycles. The van der Waals surface area contributed by atoms with Crippen molar-refractivity contribution in [2.75, 3.05) is 6.61 Å². The number of ether oxygens (including phenoxy) is 3. The Morgan fingerprint density at radius 2 is 1.18 bits per heavy atom. The van der Waals surface area contributed by atoms with Crippen molar-refractivity contribution < 1.29 is 27.8 Å². The van der Waals surface area contributed by atoms with Gasteiger partial charge in [0.1, 0.15) is 17.8 Å². The predicted molar refractivity (Wildman–Crippen MR) is 140 cm³/mol. The smallest absolute Gasteiger partial charge is 0.338 e. The Balaban J connectivity index is 1.52. The van der Waals surface area contributed by atoms with Gasteiger partial charge in [-0.25, -0.2) is 4.79 Å². The number of carbonyl (C=O) groups is 1. The van der Waals surface area contributed by atoms with Crippen molar-refractivity contribution in [1.82, 2.24) is 0 Å². The molecule has 6 heteroatoms. The molecular weight excluding hydrogens is 486 g/mol. The van der Waals surface area contributed by atoms with Crippen molar-refractivity contribution in [3.63, 3.8) is 0 Å². The monoisotopic (exact) mass is 514 g/mol. The van der Waals surface area contributed by atoms with Gasteiger partial charge in [0.05, 0.1) is 12.2 Å². The van der Waals surface area contributed by atoms with Crippen LogP contribution in [-0.2, 0) is 19.8 Å². The minimum absolute atomic E-state index is 0.190. The highest BCUT2D eigenvalue weighted by molar-refractivity contribution is 5.89. The Morgan fingerprint density at radius 3 is 1.63 bits per heavy atom. The average molecular weight is 515 g/mol. The molecule has 4 aromatic carbocycles. The van der Waals surface area contributed by atoms with Crippen molar-refractivity contribution in [3.05, 3.63) is 144 Å². The van der Waals surface area contributed by atoms with Gasteiger partial charge in [-0.2, -0.15) is 8.78 Å². The van der Waals surface area contributed by atoms with Gasteiger partial charge in [0, 0.05) is 0 Å². The molecular formula is C32H28F2O4. The Kier molecular flexibility index (Phi) is 7.36. The summed E-state index contributed by atoms with van der Waals surface area (Å²) in [6, 6.07) is 36.9. The minimum atomic E-state index is -3.40. The largest absolute Gasteiger partial charge is 0.449 e. The lowest BCUT2D eigenvalue weighted by Gasteiger charge is -2.37. The van der Waals surface area contributed by atoms with E-state index in [0.717, 1.165) is 16.7 Å². The highest BCUT2D eigenvalue weighted by Crippen LogP contribution is 2.43. The standard InChI is InChI=1S/C32H28F2O4/c1-23-32(33,34)29(38-30(35)24-14-6-2-7-15-24)28(37-23)22-36-31(25-16-8-3-9-17-25,26-18-10-4-11-19-26)27-20-12-5-13-21-27/h2-21,23,28-29H,22H2,1H3/t23-,28+,29?/m0/s1. The Bertz CT molecular complexity index is 1230. The number of alkyl halides is 2. The quantitative estimate of drug-likeness (QED) is 0.195. The lowest BCUT2D eigenvalue weighted by atomic mass is 9.80. The van der Waals surface area contributed by atoms with Gasteiger partial charge in [0.25, 0.3) is 0 Å². The zero-order chi connectivity index (χ0) is 26.6. The Hall–Kier alpha value is -3.87. The molecule has 1 heterocycles. The van der Waals surface area contributed by atoms with E-state index in [1.165, 1.54) is 19.1 Å². The first kappa shape index (κ1) is 25.8. The number of benzene rings is 4. The van der Waals surface area contributed by atoms with Crippen molar-refractivity contribution in [2.24, 2.45) is 0 Å².